The molecule has 364 valence electrons. The van der Waals surface area contributed by atoms with Crippen molar-refractivity contribution < 1.29 is 68.4 Å². The number of benzene rings is 1. The van der Waals surface area contributed by atoms with Crippen LogP contribution in [-0.4, -0.2) is 136 Å². The molecule has 15 unspecified atom stereocenters. The molecule has 0 aromatic heterocycles. The lowest BCUT2D eigenvalue weighted by atomic mass is 9.81. The number of Topliss-reactive ketones (excluding diaryl/α,β-unsaturated/α-hetero) is 2. The van der Waals surface area contributed by atoms with Gasteiger partial charge in [0, 0.05) is 44.9 Å². The van der Waals surface area contributed by atoms with Gasteiger partial charge in [-0.2, -0.15) is 0 Å². The van der Waals surface area contributed by atoms with E-state index in [1.165, 1.54) is 26.4 Å². The number of aliphatic hydroxyl groups excluding tert-OH is 3. The van der Waals surface area contributed by atoms with Crippen LogP contribution in [-0.2, 0) is 42.9 Å². The van der Waals surface area contributed by atoms with Gasteiger partial charge in [-0.3, -0.25) is 14.4 Å². The molecule has 15 nitrogen and oxygen atoms in total. The number of hydrogen-bond donors (Lipinski definition) is 5. The molecule has 2 saturated heterocycles. The maximum absolute atomic E-state index is 14.4. The predicted molar refractivity (Wildman–Crippen MR) is 240 cm³/mol. The Kier molecular flexibility index (Phi) is 18.9. The Bertz CT molecular complexity index is 1830. The van der Waals surface area contributed by atoms with Gasteiger partial charge < -0.3 is 54.1 Å². The molecule has 3 aliphatic heterocycles. The van der Waals surface area contributed by atoms with E-state index in [1.807, 2.05) is 32.9 Å². The maximum Gasteiger partial charge on any atom is 0.329 e. The molecule has 0 spiro atoms. The molecule has 1 amide bonds. The van der Waals surface area contributed by atoms with Crippen LogP contribution in [0.1, 0.15) is 124 Å². The van der Waals surface area contributed by atoms with E-state index in [-0.39, 0.29) is 55.8 Å². The molecule has 1 aliphatic carbocycles. The summed E-state index contributed by atoms with van der Waals surface area (Å²) < 4.78 is 30.2. The molecule has 2 bridgehead atoms. The highest BCUT2D eigenvalue weighted by molar-refractivity contribution is 6.39. The molecule has 0 radical (unpaired) electrons. The molecule has 3 heterocycles. The Balaban J connectivity index is 1.44. The molecule has 4 aliphatic rings. The van der Waals surface area contributed by atoms with Crippen molar-refractivity contribution >= 4 is 23.4 Å². The van der Waals surface area contributed by atoms with Crippen molar-refractivity contribution in [2.75, 3.05) is 27.4 Å². The van der Waals surface area contributed by atoms with Gasteiger partial charge in [0.2, 0.25) is 5.79 Å². The molecule has 5 N–H and O–H groups in total. The second-order valence-corrected chi connectivity index (χ2v) is 19.4. The van der Waals surface area contributed by atoms with Gasteiger partial charge in [0.05, 0.1) is 37.1 Å². The number of allylic oxidation sites excluding steroid dienone is 3. The number of ether oxygens (including phenoxy) is 5. The average molecular weight is 914 g/mol. The van der Waals surface area contributed by atoms with Crippen LogP contribution in [0.3, 0.4) is 0 Å². The van der Waals surface area contributed by atoms with E-state index in [0.717, 1.165) is 10.5 Å². The summed E-state index contributed by atoms with van der Waals surface area (Å²) in [6, 6.07) is 4.98. The number of nitrogens with zero attached hydrogens (tertiary/aromatic N) is 1. The first-order valence-electron chi connectivity index (χ1n) is 23.7. The molecule has 3 fully saturated rings. The van der Waals surface area contributed by atoms with Crippen molar-refractivity contribution in [2.24, 2.45) is 29.6 Å². The summed E-state index contributed by atoms with van der Waals surface area (Å²) in [5.41, 5.74) is 2.13. The van der Waals surface area contributed by atoms with E-state index in [0.29, 0.717) is 62.5 Å². The van der Waals surface area contributed by atoms with Crippen LogP contribution in [0, 0.1) is 29.6 Å². The minimum Gasteiger partial charge on any atom is -0.508 e. The number of phenols is 1. The van der Waals surface area contributed by atoms with Crippen LogP contribution >= 0.6 is 0 Å². The van der Waals surface area contributed by atoms with Crippen molar-refractivity contribution in [2.45, 2.75) is 173 Å². The monoisotopic (exact) mass is 914 g/mol. The topological polar surface area (TPSA) is 219 Å². The van der Waals surface area contributed by atoms with Crippen LogP contribution in [0.15, 0.2) is 47.6 Å². The van der Waals surface area contributed by atoms with E-state index >= 15 is 0 Å². The van der Waals surface area contributed by atoms with Crippen molar-refractivity contribution in [3.63, 3.8) is 0 Å². The molecule has 5 rings (SSSR count). The zero-order valence-corrected chi connectivity index (χ0v) is 39.6. The smallest absolute Gasteiger partial charge is 0.329 e. The summed E-state index contributed by atoms with van der Waals surface area (Å²) in [4.78, 5) is 58.1. The summed E-state index contributed by atoms with van der Waals surface area (Å²) >= 11 is 0. The zero-order chi connectivity index (χ0) is 47.7. The first-order chi connectivity index (χ1) is 30.8. The van der Waals surface area contributed by atoms with Crippen molar-refractivity contribution in [1.29, 1.82) is 0 Å². The number of rotatable bonds is 9. The number of methoxy groups -OCH3 is 2. The highest BCUT2D eigenvalue weighted by atomic mass is 16.7. The number of esters is 1. The maximum atomic E-state index is 14.4. The summed E-state index contributed by atoms with van der Waals surface area (Å²) in [5.74, 6) is -7.93. The molecule has 15 heteroatoms. The Morgan fingerprint density at radius 2 is 1.60 bits per heavy atom. The number of amides is 1. The third-order valence-electron chi connectivity index (χ3n) is 14.3. The number of ketones is 2. The number of phenolic OH excluding ortho intramolecular Hbond substituents is 1. The van der Waals surface area contributed by atoms with E-state index in [2.05, 4.69) is 0 Å². The molecular formula is C50H75NO14. The Morgan fingerprint density at radius 3 is 2.25 bits per heavy atom. The molecule has 1 saturated carbocycles. The average Bonchev–Trinajstić information content (AvgIpc) is 3.28. The molecule has 65 heavy (non-hydrogen) atoms. The molecular weight excluding hydrogens is 839 g/mol. The van der Waals surface area contributed by atoms with Crippen molar-refractivity contribution in [3.8, 4) is 5.75 Å². The standard InChI is InChI=1S/C50H75NO14/c1-9-34-21-28(2)20-29(3)22-43(61-7)46-44(62-8)24-31(5)50(60,65-46)47(57)48(58)51-19-11-10-12-37(51)49(59)64-45(32(6)38(53)26-39(34)54)30(4)23-33-13-18-42(40(55)25-33)63-27-41(56)35-14-16-36(52)17-15-35/h14-17,21,23,29,31-34,37-38,40-46,52-53,55-56,60H,9-13,18-20,22,24-27H2,1-8H3. The highest BCUT2D eigenvalue weighted by Crippen LogP contribution is 2.39. The van der Waals surface area contributed by atoms with Crippen LogP contribution in [0.25, 0.3) is 0 Å². The summed E-state index contributed by atoms with van der Waals surface area (Å²) in [6.45, 7) is 11.0. The summed E-state index contributed by atoms with van der Waals surface area (Å²) in [5, 5.41) is 55.3. The normalized spacial score (nSPS) is 37.1. The minimum atomic E-state index is -2.53. The van der Waals surface area contributed by atoms with Crippen molar-refractivity contribution in [1.82, 2.24) is 4.90 Å². The second kappa shape index (κ2) is 23.5. The van der Waals surface area contributed by atoms with E-state index < -0.39 is 96.1 Å². The largest absolute Gasteiger partial charge is 0.508 e. The SMILES string of the molecule is CCC1C=C(C)CC(C)CC(OC)C2OC(O)(C(=O)C(=O)N3CCCCC3C(=O)OC(C(C)=CC3CCC(OCC(O)c4ccc(O)cc4)C(O)C3)C(C)C(O)CC1=O)C(C)CC2OC. The number of aliphatic hydroxyl groups is 4. The van der Waals surface area contributed by atoms with Gasteiger partial charge in [-0.15, -0.1) is 0 Å². The molecule has 1 aromatic rings. The quantitative estimate of drug-likeness (QED) is 0.121. The van der Waals surface area contributed by atoms with Gasteiger partial charge >= 0.3 is 5.97 Å². The van der Waals surface area contributed by atoms with Crippen LogP contribution < -0.4 is 0 Å². The first-order valence-corrected chi connectivity index (χ1v) is 23.7. The lowest BCUT2D eigenvalue weighted by Crippen LogP contribution is -2.64. The van der Waals surface area contributed by atoms with E-state index in [4.69, 9.17) is 23.7 Å². The van der Waals surface area contributed by atoms with E-state index in [1.54, 1.807) is 32.9 Å². The fourth-order valence-corrected chi connectivity index (χ4v) is 10.3. The number of cyclic esters (lactones) is 1. The predicted octanol–water partition coefficient (Wildman–Crippen LogP) is 5.28. The number of fused-ring (bicyclic) bond motifs is 3. The van der Waals surface area contributed by atoms with Gasteiger partial charge in [0.15, 0.2) is 0 Å². The van der Waals surface area contributed by atoms with Gasteiger partial charge in [-0.25, -0.2) is 4.79 Å². The molecule has 15 atom stereocenters. The third-order valence-corrected chi connectivity index (χ3v) is 14.3. The Hall–Kier alpha value is -3.54. The fraction of sp³-hybridized carbons (Fsp3) is 0.720. The Labute approximate surface area is 384 Å². The number of hydrogen-bond acceptors (Lipinski definition) is 14. The number of carbonyl (C=O) groups is 4. The summed E-state index contributed by atoms with van der Waals surface area (Å²) in [7, 11) is 3.04. The van der Waals surface area contributed by atoms with E-state index in [9.17, 15) is 44.7 Å². The third kappa shape index (κ3) is 12.9. The van der Waals surface area contributed by atoms with Gasteiger partial charge in [0.25, 0.3) is 11.7 Å². The van der Waals surface area contributed by atoms with Crippen LogP contribution in [0.4, 0.5) is 0 Å². The highest BCUT2D eigenvalue weighted by Gasteiger charge is 2.56. The lowest BCUT2D eigenvalue weighted by Gasteiger charge is -2.47. The molecule has 1 aromatic carbocycles. The lowest BCUT2D eigenvalue weighted by molar-refractivity contribution is -0.302. The number of carbonyl (C=O) groups excluding carboxylic acids is 4. The van der Waals surface area contributed by atoms with Gasteiger partial charge in [-0.1, -0.05) is 57.6 Å². The first kappa shape index (κ1) is 52.4. The number of aromatic hydroxyl groups is 1. The minimum absolute atomic E-state index is 0.00959. The Morgan fingerprint density at radius 1 is 0.923 bits per heavy atom. The summed E-state index contributed by atoms with van der Waals surface area (Å²) in [6.07, 6.45) is 1.32. The zero-order valence-electron chi connectivity index (χ0n) is 39.6. The van der Waals surface area contributed by atoms with Gasteiger partial charge in [-0.05, 0) is 113 Å². The number of piperidine rings is 1. The fourth-order valence-electron chi connectivity index (χ4n) is 10.3. The second-order valence-electron chi connectivity index (χ2n) is 19.4. The van der Waals surface area contributed by atoms with Crippen molar-refractivity contribution in [3.05, 3.63) is 53.1 Å². The van der Waals surface area contributed by atoms with Crippen LogP contribution in [0.2, 0.25) is 0 Å². The van der Waals surface area contributed by atoms with Crippen LogP contribution in [0.5, 0.6) is 5.75 Å². The van der Waals surface area contributed by atoms with Gasteiger partial charge in [0.1, 0.15) is 35.9 Å².